The van der Waals surface area contributed by atoms with Crippen LogP contribution in [0.2, 0.25) is 0 Å². The minimum atomic E-state index is -5.92. The highest BCUT2D eigenvalue weighted by Gasteiger charge is 2.50. The van der Waals surface area contributed by atoms with Crippen LogP contribution in [0.15, 0.2) is 48.7 Å². The number of alkyl halides is 3. The molecule has 2 aromatic carbocycles. The number of nitrogens with zero attached hydrogens (tertiary/aromatic N) is 2. The molecule has 0 bridgehead atoms. The second-order valence-corrected chi connectivity index (χ2v) is 13.9. The van der Waals surface area contributed by atoms with Gasteiger partial charge in [-0.1, -0.05) is 12.1 Å². The number of carbonyl (C=O) groups is 2. The monoisotopic (exact) mass is 649 g/mol. The highest BCUT2D eigenvalue weighted by molar-refractivity contribution is 7.88. The van der Waals surface area contributed by atoms with Crippen molar-refractivity contribution in [2.24, 2.45) is 0 Å². The summed E-state index contributed by atoms with van der Waals surface area (Å²) in [6.07, 6.45) is 3.48. The topological polar surface area (TPSA) is 124 Å². The number of aryl methyl sites for hydroxylation is 1. The number of pyridine rings is 1. The average molecular weight is 650 g/mol. The number of halogens is 3. The molecule has 242 valence electrons. The third-order valence-electron chi connectivity index (χ3n) is 7.70. The Bertz CT molecular complexity index is 1730. The van der Waals surface area contributed by atoms with Crippen molar-refractivity contribution in [2.45, 2.75) is 76.1 Å². The first-order valence-corrected chi connectivity index (χ1v) is 15.8. The van der Waals surface area contributed by atoms with Crippen LogP contribution in [0.4, 0.5) is 18.0 Å². The van der Waals surface area contributed by atoms with Crippen LogP contribution in [-0.2, 0) is 20.4 Å². The van der Waals surface area contributed by atoms with Gasteiger partial charge in [-0.3, -0.25) is 9.78 Å². The number of nitrogens with one attached hydrogen (secondary N) is 1. The standard InChI is InChI=1S/C31H34F3N3O7S/c1-19-9-10-21(42-18-20-7-6-14-37(20)28(39)43-29(2,3)4)15-24(19)27(38)36-30(11-12-30)25-16-22(44-45(40,41)31(32,33)34)17-26-23(25)8-5-13-35-26/h5,8-10,13,15-17,20H,6-7,11-12,14,18H2,1-4H3,(H,36,38)/t20-/m0/s1. The third kappa shape index (κ3) is 7.10. The SMILES string of the molecule is Cc1ccc(OC[C@@H]2CCCN2C(=O)OC(C)(C)C)cc1C(=O)NC1(c2cc(OS(=O)(=O)C(F)(F)F)cc3ncccc23)CC1. The first-order valence-electron chi connectivity index (χ1n) is 14.4. The Labute approximate surface area is 259 Å². The summed E-state index contributed by atoms with van der Waals surface area (Å²) < 4.78 is 78.6. The summed E-state index contributed by atoms with van der Waals surface area (Å²) in [6, 6.07) is 10.5. The molecule has 2 amide bonds. The molecule has 5 rings (SSSR count). The summed E-state index contributed by atoms with van der Waals surface area (Å²) in [4.78, 5) is 32.1. The Morgan fingerprint density at radius 3 is 2.49 bits per heavy atom. The minimum absolute atomic E-state index is 0.189. The molecule has 1 saturated carbocycles. The Morgan fingerprint density at radius 1 is 1.09 bits per heavy atom. The number of ether oxygens (including phenoxy) is 2. The Balaban J connectivity index is 1.35. The van der Waals surface area contributed by atoms with Gasteiger partial charge in [0.15, 0.2) is 0 Å². The predicted molar refractivity (Wildman–Crippen MR) is 158 cm³/mol. The predicted octanol–water partition coefficient (Wildman–Crippen LogP) is 5.97. The normalized spacial score (nSPS) is 18.0. The molecule has 0 radical (unpaired) electrons. The van der Waals surface area contributed by atoms with Gasteiger partial charge in [-0.05, 0) is 88.8 Å². The zero-order chi connectivity index (χ0) is 32.8. The molecule has 2 heterocycles. The number of benzene rings is 2. The quantitative estimate of drug-likeness (QED) is 0.234. The van der Waals surface area contributed by atoms with Crippen LogP contribution in [-0.4, -0.2) is 60.6 Å². The van der Waals surface area contributed by atoms with Crippen LogP contribution >= 0.6 is 0 Å². The van der Waals surface area contributed by atoms with E-state index in [1.54, 1.807) is 62.9 Å². The van der Waals surface area contributed by atoms with E-state index in [9.17, 15) is 31.2 Å². The van der Waals surface area contributed by atoms with Crippen molar-refractivity contribution in [3.05, 3.63) is 65.4 Å². The third-order valence-corrected chi connectivity index (χ3v) is 8.68. The summed E-state index contributed by atoms with van der Waals surface area (Å²) in [5.74, 6) is -0.583. The number of carbonyl (C=O) groups excluding carboxylic acids is 2. The fourth-order valence-corrected chi connectivity index (χ4v) is 5.79. The maximum absolute atomic E-state index is 13.6. The van der Waals surface area contributed by atoms with E-state index >= 15 is 0 Å². The Hall–Kier alpha value is -4.07. The Kier molecular flexibility index (Phi) is 8.40. The fourth-order valence-electron chi connectivity index (χ4n) is 5.34. The number of hydrogen-bond donors (Lipinski definition) is 1. The summed E-state index contributed by atoms with van der Waals surface area (Å²) in [5.41, 5.74) is -5.64. The van der Waals surface area contributed by atoms with Gasteiger partial charge >= 0.3 is 21.7 Å². The molecule has 45 heavy (non-hydrogen) atoms. The van der Waals surface area contributed by atoms with Crippen molar-refractivity contribution in [1.29, 1.82) is 0 Å². The summed E-state index contributed by atoms with van der Waals surface area (Å²) in [5, 5.41) is 3.54. The van der Waals surface area contributed by atoms with E-state index in [4.69, 9.17) is 9.47 Å². The molecule has 1 saturated heterocycles. The molecular formula is C31H34F3N3O7S. The molecule has 1 atom stereocenters. The van der Waals surface area contributed by atoms with E-state index in [2.05, 4.69) is 14.5 Å². The molecule has 0 unspecified atom stereocenters. The Morgan fingerprint density at radius 2 is 1.82 bits per heavy atom. The van der Waals surface area contributed by atoms with E-state index in [1.807, 2.05) is 0 Å². The van der Waals surface area contributed by atoms with Gasteiger partial charge in [0, 0.05) is 29.8 Å². The number of hydrogen-bond acceptors (Lipinski definition) is 8. The maximum atomic E-state index is 13.6. The van der Waals surface area contributed by atoms with E-state index in [1.165, 1.54) is 12.3 Å². The summed E-state index contributed by atoms with van der Waals surface area (Å²) in [6.45, 7) is 7.94. The largest absolute Gasteiger partial charge is 0.534 e. The first-order chi connectivity index (χ1) is 21.0. The molecule has 2 fully saturated rings. The van der Waals surface area contributed by atoms with Crippen LogP contribution in [0.5, 0.6) is 11.5 Å². The number of amides is 2. The molecular weight excluding hydrogens is 615 g/mol. The van der Waals surface area contributed by atoms with Gasteiger partial charge in [-0.25, -0.2) is 4.79 Å². The highest BCUT2D eigenvalue weighted by Crippen LogP contribution is 2.49. The molecule has 10 nitrogen and oxygen atoms in total. The molecule has 0 spiro atoms. The summed E-state index contributed by atoms with van der Waals surface area (Å²) in [7, 11) is -5.92. The lowest BCUT2D eigenvalue weighted by atomic mass is 9.97. The van der Waals surface area contributed by atoms with Gasteiger partial charge in [0.05, 0.1) is 17.1 Å². The summed E-state index contributed by atoms with van der Waals surface area (Å²) >= 11 is 0. The second kappa shape index (κ2) is 11.7. The molecule has 14 heteroatoms. The number of rotatable bonds is 8. The van der Waals surface area contributed by atoms with Crippen LogP contribution in [0.1, 0.15) is 67.9 Å². The minimum Gasteiger partial charge on any atom is -0.491 e. The molecule has 1 aromatic heterocycles. The first kappa shape index (κ1) is 32.3. The van der Waals surface area contributed by atoms with E-state index in [-0.39, 0.29) is 18.2 Å². The lowest BCUT2D eigenvalue weighted by Crippen LogP contribution is -2.42. The zero-order valence-electron chi connectivity index (χ0n) is 25.2. The van der Waals surface area contributed by atoms with Crippen molar-refractivity contribution in [2.75, 3.05) is 13.2 Å². The van der Waals surface area contributed by atoms with Crippen LogP contribution in [0.25, 0.3) is 10.9 Å². The fraction of sp³-hybridized carbons (Fsp3) is 0.452. The number of likely N-dealkylation sites (tertiary alicyclic amines) is 1. The lowest BCUT2D eigenvalue weighted by molar-refractivity contribution is -0.0500. The molecule has 1 N–H and O–H groups in total. The smallest absolute Gasteiger partial charge is 0.491 e. The van der Waals surface area contributed by atoms with Gasteiger partial charge in [-0.15, -0.1) is 0 Å². The van der Waals surface area contributed by atoms with Gasteiger partial charge in [-0.2, -0.15) is 21.6 Å². The van der Waals surface area contributed by atoms with E-state index in [0.29, 0.717) is 47.2 Å². The molecule has 1 aliphatic heterocycles. The van der Waals surface area contributed by atoms with Crippen molar-refractivity contribution in [3.8, 4) is 11.5 Å². The number of fused-ring (bicyclic) bond motifs is 1. The average Bonchev–Trinajstić information content (AvgIpc) is 3.55. The highest BCUT2D eigenvalue weighted by atomic mass is 32.2. The van der Waals surface area contributed by atoms with Crippen LogP contribution in [0.3, 0.4) is 0 Å². The van der Waals surface area contributed by atoms with Crippen molar-refractivity contribution < 1.29 is 44.8 Å². The van der Waals surface area contributed by atoms with Crippen molar-refractivity contribution in [1.82, 2.24) is 15.2 Å². The molecule has 3 aromatic rings. The van der Waals surface area contributed by atoms with E-state index in [0.717, 1.165) is 18.9 Å². The number of aromatic nitrogens is 1. The van der Waals surface area contributed by atoms with Gasteiger partial charge in [0.1, 0.15) is 23.7 Å². The van der Waals surface area contributed by atoms with E-state index < -0.39 is 44.5 Å². The molecule has 2 aliphatic rings. The van der Waals surface area contributed by atoms with Crippen LogP contribution < -0.4 is 14.2 Å². The zero-order valence-corrected chi connectivity index (χ0v) is 26.0. The molecule has 1 aliphatic carbocycles. The maximum Gasteiger partial charge on any atom is 0.534 e. The lowest BCUT2D eigenvalue weighted by Gasteiger charge is -2.28. The van der Waals surface area contributed by atoms with Gasteiger partial charge < -0.3 is 23.9 Å². The van der Waals surface area contributed by atoms with Gasteiger partial charge in [0.25, 0.3) is 5.91 Å². The van der Waals surface area contributed by atoms with Crippen molar-refractivity contribution in [3.63, 3.8) is 0 Å². The second-order valence-electron chi connectivity index (χ2n) is 12.3. The van der Waals surface area contributed by atoms with Crippen molar-refractivity contribution >= 4 is 33.0 Å². The van der Waals surface area contributed by atoms with Crippen LogP contribution in [0, 0.1) is 6.92 Å². The van der Waals surface area contributed by atoms with Gasteiger partial charge in [0.2, 0.25) is 0 Å².